The molecule has 128 valence electrons. The maximum absolute atomic E-state index is 12.4. The maximum Gasteiger partial charge on any atom is 0.243 e. The zero-order chi connectivity index (χ0) is 18.0. The summed E-state index contributed by atoms with van der Waals surface area (Å²) in [5.74, 6) is 0.583. The van der Waals surface area contributed by atoms with Crippen molar-refractivity contribution in [3.63, 3.8) is 0 Å². The van der Waals surface area contributed by atoms with Crippen LogP contribution in [0.25, 0.3) is 0 Å². The highest BCUT2D eigenvalue weighted by molar-refractivity contribution is 7.89. The first-order chi connectivity index (χ1) is 10.6. The van der Waals surface area contributed by atoms with Crippen molar-refractivity contribution in [1.29, 1.82) is 0 Å². The van der Waals surface area contributed by atoms with Gasteiger partial charge in [-0.15, -0.1) is 18.2 Å². The van der Waals surface area contributed by atoms with Crippen LogP contribution >= 0.6 is 11.6 Å². The fourth-order valence-electron chi connectivity index (χ4n) is 1.55. The molecule has 0 aromatic heterocycles. The standard InChI is InChI=1S/C14H19NO2S.C4H7Cl/c1-5-10-15(11-12(2)3)18(16,17)14-8-6-13(4)7-9-14;1-4(2)3-5/h5-9H,1-2,10-11H2,3-4H3;1,3H2,2H3. The van der Waals surface area contributed by atoms with Gasteiger partial charge < -0.3 is 0 Å². The number of halogens is 1. The Balaban J connectivity index is 0.000000841. The van der Waals surface area contributed by atoms with Gasteiger partial charge >= 0.3 is 0 Å². The molecule has 0 N–H and O–H groups in total. The minimum atomic E-state index is -3.47. The molecule has 0 fully saturated rings. The summed E-state index contributed by atoms with van der Waals surface area (Å²) >= 11 is 5.24. The Morgan fingerprint density at radius 3 is 2.00 bits per heavy atom. The van der Waals surface area contributed by atoms with Crippen LogP contribution in [0.3, 0.4) is 0 Å². The molecule has 0 heterocycles. The number of aryl methyl sites for hydroxylation is 1. The van der Waals surface area contributed by atoms with E-state index in [1.807, 2.05) is 13.8 Å². The van der Waals surface area contributed by atoms with Gasteiger partial charge in [0.2, 0.25) is 10.0 Å². The summed E-state index contributed by atoms with van der Waals surface area (Å²) in [7, 11) is -3.47. The van der Waals surface area contributed by atoms with Crippen LogP contribution < -0.4 is 0 Å². The molecule has 0 saturated heterocycles. The van der Waals surface area contributed by atoms with E-state index >= 15 is 0 Å². The Labute approximate surface area is 146 Å². The summed E-state index contributed by atoms with van der Waals surface area (Å²) in [4.78, 5) is 0.302. The van der Waals surface area contributed by atoms with Gasteiger partial charge in [-0.3, -0.25) is 0 Å². The second-order valence-electron chi connectivity index (χ2n) is 5.45. The lowest BCUT2D eigenvalue weighted by Gasteiger charge is -2.20. The minimum Gasteiger partial charge on any atom is -0.207 e. The molecule has 0 bridgehead atoms. The number of allylic oxidation sites excluding steroid dienone is 1. The van der Waals surface area contributed by atoms with Gasteiger partial charge in [0.1, 0.15) is 0 Å². The van der Waals surface area contributed by atoms with Crippen molar-refractivity contribution in [1.82, 2.24) is 4.31 Å². The van der Waals surface area contributed by atoms with Crippen molar-refractivity contribution < 1.29 is 8.42 Å². The van der Waals surface area contributed by atoms with Crippen LogP contribution in [-0.4, -0.2) is 31.7 Å². The Kier molecular flexibility index (Phi) is 9.80. The second-order valence-corrected chi connectivity index (χ2v) is 7.65. The predicted molar refractivity (Wildman–Crippen MR) is 100 cm³/mol. The highest BCUT2D eigenvalue weighted by atomic mass is 35.5. The van der Waals surface area contributed by atoms with Crippen LogP contribution in [0.2, 0.25) is 0 Å². The largest absolute Gasteiger partial charge is 0.243 e. The molecular weight excluding hydrogens is 330 g/mol. The SMILES string of the molecule is C=C(C)CCl.C=CCN(CC(=C)C)S(=O)(=O)c1ccc(C)cc1. The Morgan fingerprint density at radius 1 is 1.17 bits per heavy atom. The van der Waals surface area contributed by atoms with E-state index in [1.165, 1.54) is 4.31 Å². The topological polar surface area (TPSA) is 37.4 Å². The van der Waals surface area contributed by atoms with Crippen molar-refractivity contribution in [2.24, 2.45) is 0 Å². The first-order valence-corrected chi connectivity index (χ1v) is 9.15. The lowest BCUT2D eigenvalue weighted by molar-refractivity contribution is 0.467. The van der Waals surface area contributed by atoms with Gasteiger partial charge in [0.15, 0.2) is 0 Å². The van der Waals surface area contributed by atoms with E-state index in [2.05, 4.69) is 19.7 Å². The average molecular weight is 356 g/mol. The molecule has 0 aliphatic carbocycles. The zero-order valence-electron chi connectivity index (χ0n) is 14.2. The van der Waals surface area contributed by atoms with E-state index in [9.17, 15) is 8.42 Å². The van der Waals surface area contributed by atoms with Crippen molar-refractivity contribution >= 4 is 21.6 Å². The summed E-state index contributed by atoms with van der Waals surface area (Å²) in [6, 6.07) is 6.83. The molecule has 0 aliphatic rings. The summed E-state index contributed by atoms with van der Waals surface area (Å²) in [5, 5.41) is 0. The van der Waals surface area contributed by atoms with Crippen LogP contribution in [0, 0.1) is 6.92 Å². The molecule has 23 heavy (non-hydrogen) atoms. The van der Waals surface area contributed by atoms with Crippen LogP contribution in [0.5, 0.6) is 0 Å². The molecule has 0 atom stereocenters. The average Bonchev–Trinajstić information content (AvgIpc) is 2.47. The fraction of sp³-hybridized carbons (Fsp3) is 0.333. The molecule has 5 heteroatoms. The summed E-state index contributed by atoms with van der Waals surface area (Å²) < 4.78 is 26.2. The molecule has 0 spiro atoms. The van der Waals surface area contributed by atoms with Crippen molar-refractivity contribution in [3.8, 4) is 0 Å². The molecule has 1 aromatic rings. The van der Waals surface area contributed by atoms with Crippen LogP contribution in [0.4, 0.5) is 0 Å². The number of hydrogen-bond donors (Lipinski definition) is 0. The predicted octanol–water partition coefficient (Wildman–Crippen LogP) is 4.55. The second kappa shape index (κ2) is 10.4. The summed E-state index contributed by atoms with van der Waals surface area (Å²) in [5.41, 5.74) is 2.85. The lowest BCUT2D eigenvalue weighted by atomic mass is 10.2. The van der Waals surface area contributed by atoms with Crippen LogP contribution in [0.1, 0.15) is 19.4 Å². The molecule has 0 radical (unpaired) electrons. The maximum atomic E-state index is 12.4. The monoisotopic (exact) mass is 355 g/mol. The lowest BCUT2D eigenvalue weighted by Crippen LogP contribution is -2.32. The first kappa shape index (κ1) is 21.6. The van der Waals surface area contributed by atoms with Gasteiger partial charge in [-0.1, -0.05) is 48.1 Å². The van der Waals surface area contributed by atoms with Crippen molar-refractivity contribution in [2.45, 2.75) is 25.7 Å². The van der Waals surface area contributed by atoms with Gasteiger partial charge in [0.25, 0.3) is 0 Å². The molecule has 0 unspecified atom stereocenters. The van der Waals surface area contributed by atoms with Gasteiger partial charge in [-0.05, 0) is 32.9 Å². The van der Waals surface area contributed by atoms with Gasteiger partial charge in [-0.25, -0.2) is 8.42 Å². The van der Waals surface area contributed by atoms with Crippen LogP contribution in [0.15, 0.2) is 66.1 Å². The van der Waals surface area contributed by atoms with E-state index in [4.69, 9.17) is 11.6 Å². The van der Waals surface area contributed by atoms with Crippen LogP contribution in [-0.2, 0) is 10.0 Å². The normalized spacial score (nSPS) is 10.7. The van der Waals surface area contributed by atoms with Gasteiger partial charge in [0.05, 0.1) is 4.90 Å². The van der Waals surface area contributed by atoms with Gasteiger partial charge in [-0.2, -0.15) is 4.31 Å². The molecule has 0 aliphatic heterocycles. The third-order valence-corrected chi connectivity index (χ3v) is 4.95. The van der Waals surface area contributed by atoms with E-state index in [-0.39, 0.29) is 6.54 Å². The van der Waals surface area contributed by atoms with Gasteiger partial charge in [0, 0.05) is 19.0 Å². The minimum absolute atomic E-state index is 0.281. The van der Waals surface area contributed by atoms with E-state index in [0.29, 0.717) is 17.3 Å². The number of alkyl halides is 1. The smallest absolute Gasteiger partial charge is 0.207 e. The van der Waals surface area contributed by atoms with Crippen molar-refractivity contribution in [2.75, 3.05) is 19.0 Å². The van der Waals surface area contributed by atoms with Crippen molar-refractivity contribution in [3.05, 3.63) is 66.8 Å². The number of benzene rings is 1. The first-order valence-electron chi connectivity index (χ1n) is 7.17. The summed E-state index contributed by atoms with van der Waals surface area (Å²) in [6.07, 6.45) is 1.58. The number of nitrogens with zero attached hydrogens (tertiary/aromatic N) is 1. The third kappa shape index (κ3) is 8.16. The zero-order valence-corrected chi connectivity index (χ0v) is 15.8. The number of sulfonamides is 1. The number of hydrogen-bond acceptors (Lipinski definition) is 2. The highest BCUT2D eigenvalue weighted by Gasteiger charge is 2.22. The van der Waals surface area contributed by atoms with E-state index in [0.717, 1.165) is 16.7 Å². The third-order valence-electron chi connectivity index (χ3n) is 2.67. The molecule has 1 rings (SSSR count). The summed E-state index contributed by atoms with van der Waals surface area (Å²) in [6.45, 7) is 17.1. The Bertz CT molecular complexity index is 633. The number of rotatable bonds is 7. The molecule has 3 nitrogen and oxygen atoms in total. The Morgan fingerprint density at radius 2 is 1.65 bits per heavy atom. The molecule has 0 saturated carbocycles. The van der Waals surface area contributed by atoms with E-state index in [1.54, 1.807) is 37.3 Å². The fourth-order valence-corrected chi connectivity index (χ4v) is 3.02. The highest BCUT2D eigenvalue weighted by Crippen LogP contribution is 2.17. The Hall–Kier alpha value is -1.36. The molecule has 1 aromatic carbocycles. The quantitative estimate of drug-likeness (QED) is 0.531. The molecule has 0 amide bonds. The molecular formula is C18H26ClNO2S. The van der Waals surface area contributed by atoms with E-state index < -0.39 is 10.0 Å².